The van der Waals surface area contributed by atoms with Crippen molar-refractivity contribution in [3.63, 3.8) is 0 Å². The Morgan fingerprint density at radius 1 is 0.371 bits per heavy atom. The molecule has 0 unspecified atom stereocenters. The highest BCUT2D eigenvalue weighted by molar-refractivity contribution is 6.11. The van der Waals surface area contributed by atoms with E-state index in [9.17, 15) is 0 Å². The summed E-state index contributed by atoms with van der Waals surface area (Å²) in [6.45, 7) is 0. The molecule has 0 radical (unpaired) electrons. The lowest BCUT2D eigenvalue weighted by Crippen LogP contribution is -2.22. The molecule has 0 saturated heterocycles. The summed E-state index contributed by atoms with van der Waals surface area (Å²) in [6, 6.07) is 82.6. The van der Waals surface area contributed by atoms with Crippen LogP contribution in [-0.4, -0.2) is 4.57 Å². The fraction of sp³-hybridized carbons (Fsp3) is 0.0847. The lowest BCUT2D eigenvalue weighted by Gasteiger charge is -2.32. The van der Waals surface area contributed by atoms with Crippen LogP contribution in [0, 0.1) is 0 Å². The van der Waals surface area contributed by atoms with Crippen molar-refractivity contribution in [3.05, 3.63) is 247 Å². The summed E-state index contributed by atoms with van der Waals surface area (Å²) in [5.74, 6) is 0. The smallest absolute Gasteiger partial charge is 0.0542 e. The van der Waals surface area contributed by atoms with E-state index in [0.29, 0.717) is 0 Å². The molecule has 0 fully saturated rings. The van der Waals surface area contributed by atoms with Crippen molar-refractivity contribution in [2.24, 2.45) is 0 Å². The Balaban J connectivity index is 1.04. The SMILES string of the molecule is c1ccc(-c2ccccc2N(c2ccc3c(c2)[C@]2(CCc4ccc(N(c5ccccc5)c5ccccc5)cc42)CC3)c2ccc3c(c2)c2ccccc2n3-c2ccccc2)cc1. The molecule has 3 heteroatoms. The van der Waals surface area contributed by atoms with E-state index in [1.165, 1.54) is 66.6 Å². The van der Waals surface area contributed by atoms with Gasteiger partial charge in [0.2, 0.25) is 0 Å². The molecular formula is C59H45N3. The second kappa shape index (κ2) is 14.8. The van der Waals surface area contributed by atoms with Gasteiger partial charge in [0.1, 0.15) is 0 Å². The fourth-order valence-electron chi connectivity index (χ4n) is 10.8. The van der Waals surface area contributed by atoms with Crippen molar-refractivity contribution < 1.29 is 0 Å². The van der Waals surface area contributed by atoms with Gasteiger partial charge in [-0.2, -0.15) is 0 Å². The molecule has 0 N–H and O–H groups in total. The summed E-state index contributed by atoms with van der Waals surface area (Å²) in [7, 11) is 0. The standard InChI is InChI=1S/C59H45N3/c1-5-17-42(18-6-1)51-25-13-15-27-56(51)61(48-33-34-58-53(39-48)52-26-14-16-28-57(52)62(58)47-23-11-4-12-24-47)50-32-30-44-36-38-59(55(44)41-50)37-35-43-29-31-49(40-54(43)59)60(45-19-7-2-8-20-45)46-21-9-3-10-22-46/h1-34,39-41H,35-38H2/t59-/m1/s1. The molecule has 296 valence electrons. The largest absolute Gasteiger partial charge is 0.310 e. The Morgan fingerprint density at radius 3 is 1.53 bits per heavy atom. The number of aromatic nitrogens is 1. The van der Waals surface area contributed by atoms with Gasteiger partial charge >= 0.3 is 0 Å². The van der Waals surface area contributed by atoms with Crippen molar-refractivity contribution in [2.75, 3.05) is 9.80 Å². The van der Waals surface area contributed by atoms with Crippen molar-refractivity contribution in [1.82, 2.24) is 4.57 Å². The number of rotatable bonds is 8. The van der Waals surface area contributed by atoms with E-state index in [1.807, 2.05) is 0 Å². The predicted molar refractivity (Wildman–Crippen MR) is 259 cm³/mol. The molecule has 0 aliphatic heterocycles. The Morgan fingerprint density at radius 2 is 0.871 bits per heavy atom. The van der Waals surface area contributed by atoms with E-state index in [4.69, 9.17) is 0 Å². The first-order valence-corrected chi connectivity index (χ1v) is 21.9. The van der Waals surface area contributed by atoms with Gasteiger partial charge in [-0.1, -0.05) is 133 Å². The highest BCUT2D eigenvalue weighted by Crippen LogP contribution is 2.55. The lowest BCUT2D eigenvalue weighted by molar-refractivity contribution is 0.507. The maximum Gasteiger partial charge on any atom is 0.0542 e. The van der Waals surface area contributed by atoms with Crippen molar-refractivity contribution in [2.45, 2.75) is 31.1 Å². The molecule has 12 rings (SSSR count). The van der Waals surface area contributed by atoms with Gasteiger partial charge in [-0.15, -0.1) is 0 Å². The minimum Gasteiger partial charge on any atom is -0.310 e. The van der Waals surface area contributed by atoms with Gasteiger partial charge < -0.3 is 14.4 Å². The molecule has 2 aliphatic rings. The second-order valence-electron chi connectivity index (χ2n) is 16.9. The molecule has 0 saturated carbocycles. The number of para-hydroxylation sites is 5. The van der Waals surface area contributed by atoms with E-state index in [1.54, 1.807) is 0 Å². The summed E-state index contributed by atoms with van der Waals surface area (Å²) < 4.78 is 2.40. The van der Waals surface area contributed by atoms with E-state index in [-0.39, 0.29) is 5.41 Å². The molecular weight excluding hydrogens is 751 g/mol. The van der Waals surface area contributed by atoms with Crippen LogP contribution in [0.5, 0.6) is 0 Å². The summed E-state index contributed by atoms with van der Waals surface area (Å²) in [6.07, 6.45) is 4.39. The maximum atomic E-state index is 2.55. The zero-order valence-corrected chi connectivity index (χ0v) is 34.5. The van der Waals surface area contributed by atoms with E-state index >= 15 is 0 Å². The Bertz CT molecular complexity index is 3200. The number of hydrogen-bond donors (Lipinski definition) is 0. The highest BCUT2D eigenvalue weighted by atomic mass is 15.2. The zero-order valence-electron chi connectivity index (χ0n) is 34.5. The van der Waals surface area contributed by atoms with Crippen LogP contribution >= 0.6 is 0 Å². The topological polar surface area (TPSA) is 11.4 Å². The van der Waals surface area contributed by atoms with Crippen LogP contribution in [0.2, 0.25) is 0 Å². The third-order valence-electron chi connectivity index (χ3n) is 13.6. The molecule has 0 amide bonds. The number of benzene rings is 9. The highest BCUT2D eigenvalue weighted by Gasteiger charge is 2.45. The average molecular weight is 796 g/mol. The summed E-state index contributed by atoms with van der Waals surface area (Å²) >= 11 is 0. The van der Waals surface area contributed by atoms with Gasteiger partial charge in [0.15, 0.2) is 0 Å². The Kier molecular flexibility index (Phi) is 8.67. The van der Waals surface area contributed by atoms with E-state index in [2.05, 4.69) is 239 Å². The molecule has 1 aromatic heterocycles. The molecule has 0 bridgehead atoms. The summed E-state index contributed by atoms with van der Waals surface area (Å²) in [5, 5.41) is 2.48. The van der Waals surface area contributed by atoms with Gasteiger partial charge in [0.05, 0.1) is 16.7 Å². The van der Waals surface area contributed by atoms with Crippen LogP contribution in [0.3, 0.4) is 0 Å². The van der Waals surface area contributed by atoms with Crippen LogP contribution in [0.25, 0.3) is 38.6 Å². The number of nitrogens with zero attached hydrogens (tertiary/aromatic N) is 3. The monoisotopic (exact) mass is 795 g/mol. The normalized spacial score (nSPS) is 15.2. The van der Waals surface area contributed by atoms with Crippen LogP contribution in [0.15, 0.2) is 224 Å². The van der Waals surface area contributed by atoms with Crippen molar-refractivity contribution >= 4 is 55.9 Å². The van der Waals surface area contributed by atoms with Gasteiger partial charge in [0, 0.05) is 55.9 Å². The Labute approximate surface area is 363 Å². The van der Waals surface area contributed by atoms with Gasteiger partial charge in [-0.3, -0.25) is 0 Å². The van der Waals surface area contributed by atoms with Crippen LogP contribution in [0.4, 0.5) is 34.1 Å². The number of aryl methyl sites for hydroxylation is 2. The molecule has 10 aromatic rings. The predicted octanol–water partition coefficient (Wildman–Crippen LogP) is 15.6. The quantitative estimate of drug-likeness (QED) is 0.152. The average Bonchev–Trinajstić information content (AvgIpc) is 4.02. The first kappa shape index (κ1) is 36.2. The summed E-state index contributed by atoms with van der Waals surface area (Å²) in [4.78, 5) is 4.92. The minimum absolute atomic E-state index is 0.0621. The zero-order chi connectivity index (χ0) is 41.0. The molecule has 1 heterocycles. The van der Waals surface area contributed by atoms with Gasteiger partial charge in [-0.25, -0.2) is 0 Å². The minimum atomic E-state index is -0.0621. The molecule has 62 heavy (non-hydrogen) atoms. The van der Waals surface area contributed by atoms with Crippen molar-refractivity contribution in [1.29, 1.82) is 0 Å². The molecule has 2 aliphatic carbocycles. The third kappa shape index (κ3) is 5.88. The van der Waals surface area contributed by atoms with Gasteiger partial charge in [0.25, 0.3) is 0 Å². The van der Waals surface area contributed by atoms with Crippen LogP contribution < -0.4 is 9.80 Å². The van der Waals surface area contributed by atoms with E-state index in [0.717, 1.165) is 54.1 Å². The van der Waals surface area contributed by atoms with Crippen molar-refractivity contribution in [3.8, 4) is 16.8 Å². The number of fused-ring (bicyclic) bond motifs is 7. The molecule has 1 atom stereocenters. The van der Waals surface area contributed by atoms with E-state index < -0.39 is 0 Å². The third-order valence-corrected chi connectivity index (χ3v) is 13.6. The van der Waals surface area contributed by atoms with Crippen LogP contribution in [0.1, 0.15) is 35.1 Å². The first-order chi connectivity index (χ1) is 30.7. The fourth-order valence-corrected chi connectivity index (χ4v) is 10.8. The molecule has 3 nitrogen and oxygen atoms in total. The summed E-state index contributed by atoms with van der Waals surface area (Å²) in [5.41, 5.74) is 18.8. The number of hydrogen-bond acceptors (Lipinski definition) is 2. The maximum absolute atomic E-state index is 2.55. The molecule has 9 aromatic carbocycles. The lowest BCUT2D eigenvalue weighted by atomic mass is 9.76. The van der Waals surface area contributed by atoms with Gasteiger partial charge in [-0.05, 0) is 144 Å². The first-order valence-electron chi connectivity index (χ1n) is 21.9. The second-order valence-corrected chi connectivity index (χ2v) is 16.9. The number of anilines is 6. The molecule has 1 spiro atoms. The Hall–Kier alpha value is -7.62. The van der Waals surface area contributed by atoms with Crippen LogP contribution in [-0.2, 0) is 18.3 Å².